The van der Waals surface area contributed by atoms with Gasteiger partial charge in [0, 0.05) is 13.1 Å². The highest BCUT2D eigenvalue weighted by molar-refractivity contribution is 5.78. The number of allylic oxidation sites excluding steroid dienone is 1. The number of pyridine rings is 1. The van der Waals surface area contributed by atoms with E-state index in [1.54, 1.807) is 0 Å². The monoisotopic (exact) mass is 245 g/mol. The maximum atomic E-state index is 4.80. The van der Waals surface area contributed by atoms with Gasteiger partial charge in [-0.2, -0.15) is 0 Å². The maximum absolute atomic E-state index is 4.80. The van der Waals surface area contributed by atoms with Crippen LogP contribution in [-0.4, -0.2) is 23.6 Å². The van der Waals surface area contributed by atoms with Crippen molar-refractivity contribution in [2.24, 2.45) is 0 Å². The van der Waals surface area contributed by atoms with Crippen molar-refractivity contribution in [1.82, 2.24) is 4.98 Å². The molecule has 2 heterocycles. The van der Waals surface area contributed by atoms with Crippen LogP contribution in [0.4, 0.5) is 11.5 Å². The zero-order chi connectivity index (χ0) is 13.3. The molecule has 3 nitrogen and oxygen atoms in total. The van der Waals surface area contributed by atoms with Crippen molar-refractivity contribution < 1.29 is 0 Å². The standard InChI is InChI=1S/C15H23N3/c1-6-18(7-2)13-9-8-12-14(16-13)11(3)10-15(4,5)17-12/h8-10,17H,6-7H2,1-5H3. The van der Waals surface area contributed by atoms with Crippen LogP contribution < -0.4 is 10.2 Å². The molecule has 1 aliphatic rings. The van der Waals surface area contributed by atoms with Crippen LogP contribution in [-0.2, 0) is 0 Å². The van der Waals surface area contributed by atoms with E-state index in [4.69, 9.17) is 4.98 Å². The number of aromatic nitrogens is 1. The number of nitrogens with one attached hydrogen (secondary N) is 1. The lowest BCUT2D eigenvalue weighted by molar-refractivity contribution is 0.704. The van der Waals surface area contributed by atoms with Gasteiger partial charge in [0.25, 0.3) is 0 Å². The molecule has 0 spiro atoms. The molecule has 3 heteroatoms. The van der Waals surface area contributed by atoms with E-state index in [0.29, 0.717) is 0 Å². The fraction of sp³-hybridized carbons (Fsp3) is 0.533. The fourth-order valence-corrected chi connectivity index (χ4v) is 2.57. The maximum Gasteiger partial charge on any atom is 0.129 e. The van der Waals surface area contributed by atoms with Crippen LogP contribution in [0.15, 0.2) is 18.2 Å². The highest BCUT2D eigenvalue weighted by atomic mass is 15.2. The Bertz CT molecular complexity index is 471. The van der Waals surface area contributed by atoms with Crippen LogP contribution in [0.2, 0.25) is 0 Å². The van der Waals surface area contributed by atoms with Crippen LogP contribution in [0.5, 0.6) is 0 Å². The fourth-order valence-electron chi connectivity index (χ4n) is 2.57. The minimum Gasteiger partial charge on any atom is -0.375 e. The minimum atomic E-state index is 0.00940. The molecule has 1 N–H and O–H groups in total. The van der Waals surface area contributed by atoms with Gasteiger partial charge in [-0.25, -0.2) is 4.98 Å². The van der Waals surface area contributed by atoms with Gasteiger partial charge >= 0.3 is 0 Å². The minimum absolute atomic E-state index is 0.00940. The summed E-state index contributed by atoms with van der Waals surface area (Å²) in [6.45, 7) is 12.8. The van der Waals surface area contributed by atoms with E-state index in [0.717, 1.165) is 30.3 Å². The molecule has 0 amide bonds. The molecule has 0 aliphatic carbocycles. The predicted molar refractivity (Wildman–Crippen MR) is 79.2 cm³/mol. The van der Waals surface area contributed by atoms with Gasteiger partial charge in [-0.15, -0.1) is 0 Å². The molecule has 0 saturated heterocycles. The lowest BCUT2D eigenvalue weighted by atomic mass is 9.94. The van der Waals surface area contributed by atoms with E-state index >= 15 is 0 Å². The predicted octanol–water partition coefficient (Wildman–Crippen LogP) is 3.54. The molecule has 0 fully saturated rings. The van der Waals surface area contributed by atoms with Crippen molar-refractivity contribution in [3.05, 3.63) is 23.9 Å². The van der Waals surface area contributed by atoms with Gasteiger partial charge in [-0.3, -0.25) is 0 Å². The molecular formula is C15H23N3. The summed E-state index contributed by atoms with van der Waals surface area (Å²) in [6, 6.07) is 4.25. The SMILES string of the molecule is CCN(CC)c1ccc2c(n1)C(C)=CC(C)(C)N2. The van der Waals surface area contributed by atoms with Crippen LogP contribution >= 0.6 is 0 Å². The van der Waals surface area contributed by atoms with Gasteiger partial charge in [0.2, 0.25) is 0 Å². The smallest absolute Gasteiger partial charge is 0.129 e. The first-order valence-corrected chi connectivity index (χ1v) is 6.71. The summed E-state index contributed by atoms with van der Waals surface area (Å²) in [5.74, 6) is 1.06. The molecular weight excluding hydrogens is 222 g/mol. The highest BCUT2D eigenvalue weighted by Crippen LogP contribution is 2.33. The number of fused-ring (bicyclic) bond motifs is 1. The molecule has 0 bridgehead atoms. The Labute approximate surface area is 110 Å². The Hall–Kier alpha value is -1.51. The van der Waals surface area contributed by atoms with E-state index in [-0.39, 0.29) is 5.54 Å². The lowest BCUT2D eigenvalue weighted by Crippen LogP contribution is -2.32. The summed E-state index contributed by atoms with van der Waals surface area (Å²) in [5.41, 5.74) is 3.48. The molecule has 0 aromatic carbocycles. The van der Waals surface area contributed by atoms with E-state index in [1.165, 1.54) is 5.57 Å². The highest BCUT2D eigenvalue weighted by Gasteiger charge is 2.23. The first-order valence-electron chi connectivity index (χ1n) is 6.71. The van der Waals surface area contributed by atoms with Crippen molar-refractivity contribution in [1.29, 1.82) is 0 Å². The second-order valence-electron chi connectivity index (χ2n) is 5.41. The molecule has 0 radical (unpaired) electrons. The van der Waals surface area contributed by atoms with Crippen molar-refractivity contribution in [3.8, 4) is 0 Å². The third kappa shape index (κ3) is 2.35. The van der Waals surface area contributed by atoms with Crippen molar-refractivity contribution in [3.63, 3.8) is 0 Å². The van der Waals surface area contributed by atoms with E-state index in [2.05, 4.69) is 63.0 Å². The molecule has 1 aromatic rings. The number of anilines is 2. The lowest BCUT2D eigenvalue weighted by Gasteiger charge is -2.31. The van der Waals surface area contributed by atoms with Crippen molar-refractivity contribution in [2.45, 2.75) is 40.2 Å². The quantitative estimate of drug-likeness (QED) is 0.883. The summed E-state index contributed by atoms with van der Waals surface area (Å²) in [5, 5.41) is 3.51. The van der Waals surface area contributed by atoms with Gasteiger partial charge in [-0.1, -0.05) is 6.08 Å². The first kappa shape index (κ1) is 12.9. The van der Waals surface area contributed by atoms with Gasteiger partial charge in [0.05, 0.1) is 16.9 Å². The molecule has 18 heavy (non-hydrogen) atoms. The number of nitrogens with zero attached hydrogens (tertiary/aromatic N) is 2. The Morgan fingerprint density at radius 1 is 1.22 bits per heavy atom. The van der Waals surface area contributed by atoms with Crippen molar-refractivity contribution in [2.75, 3.05) is 23.3 Å². The summed E-state index contributed by atoms with van der Waals surface area (Å²) in [6.07, 6.45) is 2.24. The van der Waals surface area contributed by atoms with E-state index in [1.807, 2.05) is 0 Å². The second-order valence-corrected chi connectivity index (χ2v) is 5.41. The third-order valence-electron chi connectivity index (χ3n) is 3.38. The normalized spacial score (nSPS) is 16.6. The number of rotatable bonds is 3. The largest absolute Gasteiger partial charge is 0.375 e. The molecule has 2 rings (SSSR count). The van der Waals surface area contributed by atoms with Crippen LogP contribution in [0.3, 0.4) is 0 Å². The summed E-state index contributed by atoms with van der Waals surface area (Å²) < 4.78 is 0. The van der Waals surface area contributed by atoms with Gasteiger partial charge in [0.15, 0.2) is 0 Å². The second kappa shape index (κ2) is 4.63. The van der Waals surface area contributed by atoms with Crippen molar-refractivity contribution >= 4 is 17.1 Å². The average Bonchev–Trinajstić information content (AvgIpc) is 2.30. The Morgan fingerprint density at radius 3 is 2.50 bits per heavy atom. The Morgan fingerprint density at radius 2 is 1.89 bits per heavy atom. The third-order valence-corrected chi connectivity index (χ3v) is 3.38. The average molecular weight is 245 g/mol. The van der Waals surface area contributed by atoms with E-state index < -0.39 is 0 Å². The van der Waals surface area contributed by atoms with Crippen LogP contribution in [0, 0.1) is 0 Å². The Kier molecular flexibility index (Phi) is 3.33. The number of hydrogen-bond acceptors (Lipinski definition) is 3. The summed E-state index contributed by atoms with van der Waals surface area (Å²) in [7, 11) is 0. The molecule has 0 atom stereocenters. The molecule has 98 valence electrons. The summed E-state index contributed by atoms with van der Waals surface area (Å²) in [4.78, 5) is 7.07. The molecule has 0 unspecified atom stereocenters. The zero-order valence-electron chi connectivity index (χ0n) is 12.0. The van der Waals surface area contributed by atoms with Crippen LogP contribution in [0.1, 0.15) is 40.3 Å². The molecule has 1 aromatic heterocycles. The van der Waals surface area contributed by atoms with Gasteiger partial charge in [-0.05, 0) is 52.3 Å². The van der Waals surface area contributed by atoms with Gasteiger partial charge in [0.1, 0.15) is 5.82 Å². The molecule has 0 saturated carbocycles. The topological polar surface area (TPSA) is 28.2 Å². The van der Waals surface area contributed by atoms with Gasteiger partial charge < -0.3 is 10.2 Å². The van der Waals surface area contributed by atoms with E-state index in [9.17, 15) is 0 Å². The Balaban J connectivity index is 2.42. The zero-order valence-corrected chi connectivity index (χ0v) is 12.0. The number of hydrogen-bond donors (Lipinski definition) is 1. The van der Waals surface area contributed by atoms with Crippen LogP contribution in [0.25, 0.3) is 5.57 Å². The summed E-state index contributed by atoms with van der Waals surface area (Å²) >= 11 is 0. The first-order chi connectivity index (χ1) is 8.46. The molecule has 1 aliphatic heterocycles.